The van der Waals surface area contributed by atoms with E-state index < -0.39 is 12.1 Å². The van der Waals surface area contributed by atoms with Gasteiger partial charge in [-0.05, 0) is 17.7 Å². The smallest absolute Gasteiger partial charge is 0.127 e. The van der Waals surface area contributed by atoms with E-state index in [0.29, 0.717) is 17.9 Å². The van der Waals surface area contributed by atoms with E-state index in [1.54, 1.807) is 20.3 Å². The lowest BCUT2D eigenvalue weighted by molar-refractivity contribution is 0.143. The third-order valence-corrected chi connectivity index (χ3v) is 3.50. The minimum absolute atomic E-state index is 0.497. The van der Waals surface area contributed by atoms with Crippen molar-refractivity contribution in [3.8, 4) is 11.5 Å². The number of aliphatic hydroxyl groups excluding tert-OH is 1. The molecule has 2 atom stereocenters. The first kappa shape index (κ1) is 15.4. The first-order valence-corrected chi connectivity index (χ1v) is 6.85. The van der Waals surface area contributed by atoms with Gasteiger partial charge in [-0.3, -0.25) is 0 Å². The van der Waals surface area contributed by atoms with Crippen LogP contribution in [-0.4, -0.2) is 25.4 Å². The standard InChI is InChI=1S/C17H21NO3/c1-20-13-8-9-14(16(11-13)21-2)17(18)15(19)10-12-6-4-3-5-7-12/h3-9,11,15,17,19H,10,18H2,1-2H3/t15-,17+/m0/s1. The average molecular weight is 287 g/mol. The van der Waals surface area contributed by atoms with Crippen LogP contribution in [0.1, 0.15) is 17.2 Å². The predicted octanol–water partition coefficient (Wildman–Crippen LogP) is 2.31. The summed E-state index contributed by atoms with van der Waals surface area (Å²) in [6, 6.07) is 14.7. The molecule has 112 valence electrons. The summed E-state index contributed by atoms with van der Waals surface area (Å²) < 4.78 is 10.5. The summed E-state index contributed by atoms with van der Waals surface area (Å²) in [7, 11) is 3.17. The summed E-state index contributed by atoms with van der Waals surface area (Å²) in [5.41, 5.74) is 8.00. The molecule has 0 bridgehead atoms. The molecule has 0 saturated heterocycles. The zero-order chi connectivity index (χ0) is 15.2. The monoisotopic (exact) mass is 287 g/mol. The molecule has 0 aliphatic carbocycles. The van der Waals surface area contributed by atoms with Gasteiger partial charge in [-0.1, -0.05) is 30.3 Å². The second-order valence-corrected chi connectivity index (χ2v) is 4.89. The van der Waals surface area contributed by atoms with Crippen LogP contribution in [0.4, 0.5) is 0 Å². The molecule has 0 heterocycles. The van der Waals surface area contributed by atoms with Crippen molar-refractivity contribution in [3.05, 3.63) is 59.7 Å². The van der Waals surface area contributed by atoms with E-state index in [0.717, 1.165) is 11.1 Å². The van der Waals surface area contributed by atoms with E-state index in [1.165, 1.54) is 0 Å². The Bertz CT molecular complexity index is 572. The maximum Gasteiger partial charge on any atom is 0.127 e. The third kappa shape index (κ3) is 3.74. The van der Waals surface area contributed by atoms with Gasteiger partial charge in [0.05, 0.1) is 26.4 Å². The van der Waals surface area contributed by atoms with Crippen molar-refractivity contribution in [3.63, 3.8) is 0 Å². The van der Waals surface area contributed by atoms with E-state index >= 15 is 0 Å². The molecule has 0 fully saturated rings. The van der Waals surface area contributed by atoms with Crippen LogP contribution in [0, 0.1) is 0 Å². The largest absolute Gasteiger partial charge is 0.497 e. The van der Waals surface area contributed by atoms with Crippen molar-refractivity contribution < 1.29 is 14.6 Å². The molecule has 0 saturated carbocycles. The SMILES string of the molecule is COc1ccc([C@@H](N)[C@@H](O)Cc2ccccc2)c(OC)c1. The first-order chi connectivity index (χ1) is 10.2. The molecule has 0 aromatic heterocycles. The van der Waals surface area contributed by atoms with Gasteiger partial charge in [-0.25, -0.2) is 0 Å². The van der Waals surface area contributed by atoms with Gasteiger partial charge in [0.15, 0.2) is 0 Å². The Kier molecular flexibility index (Phi) is 5.20. The van der Waals surface area contributed by atoms with Crippen molar-refractivity contribution >= 4 is 0 Å². The maximum atomic E-state index is 10.4. The van der Waals surface area contributed by atoms with Crippen LogP contribution in [0.25, 0.3) is 0 Å². The van der Waals surface area contributed by atoms with Crippen molar-refractivity contribution in [2.75, 3.05) is 14.2 Å². The van der Waals surface area contributed by atoms with Crippen LogP contribution in [0.15, 0.2) is 48.5 Å². The van der Waals surface area contributed by atoms with E-state index in [9.17, 15) is 5.11 Å². The molecule has 0 amide bonds. The Morgan fingerprint density at radius 2 is 1.76 bits per heavy atom. The molecule has 0 radical (unpaired) electrons. The number of nitrogens with two attached hydrogens (primary N) is 1. The summed E-state index contributed by atoms with van der Waals surface area (Å²) in [5, 5.41) is 10.4. The first-order valence-electron chi connectivity index (χ1n) is 6.85. The topological polar surface area (TPSA) is 64.7 Å². The molecule has 21 heavy (non-hydrogen) atoms. The molecule has 2 aromatic rings. The summed E-state index contributed by atoms with van der Waals surface area (Å²) in [6.45, 7) is 0. The molecule has 2 rings (SSSR count). The molecule has 4 nitrogen and oxygen atoms in total. The van der Waals surface area contributed by atoms with Gasteiger partial charge in [-0.2, -0.15) is 0 Å². The Balaban J connectivity index is 2.17. The fraction of sp³-hybridized carbons (Fsp3) is 0.294. The van der Waals surface area contributed by atoms with Crippen LogP contribution in [-0.2, 0) is 6.42 Å². The maximum absolute atomic E-state index is 10.4. The van der Waals surface area contributed by atoms with Crippen molar-refractivity contribution in [1.82, 2.24) is 0 Å². The summed E-state index contributed by atoms with van der Waals surface area (Å²) in [5.74, 6) is 1.31. The summed E-state index contributed by atoms with van der Waals surface area (Å²) in [4.78, 5) is 0. The normalized spacial score (nSPS) is 13.5. The van der Waals surface area contributed by atoms with Crippen molar-refractivity contribution in [1.29, 1.82) is 0 Å². The van der Waals surface area contributed by atoms with Crippen LogP contribution >= 0.6 is 0 Å². The van der Waals surface area contributed by atoms with Crippen molar-refractivity contribution in [2.45, 2.75) is 18.6 Å². The third-order valence-electron chi connectivity index (χ3n) is 3.50. The van der Waals surface area contributed by atoms with Crippen molar-refractivity contribution in [2.24, 2.45) is 5.73 Å². The van der Waals surface area contributed by atoms with Gasteiger partial charge in [0, 0.05) is 18.1 Å². The highest BCUT2D eigenvalue weighted by atomic mass is 16.5. The quantitative estimate of drug-likeness (QED) is 0.855. The zero-order valence-electron chi connectivity index (χ0n) is 12.3. The number of benzene rings is 2. The van der Waals surface area contributed by atoms with Crippen LogP contribution in [0.3, 0.4) is 0 Å². The molecule has 0 unspecified atom stereocenters. The van der Waals surface area contributed by atoms with Gasteiger partial charge in [0.25, 0.3) is 0 Å². The van der Waals surface area contributed by atoms with Crippen LogP contribution < -0.4 is 15.2 Å². The summed E-state index contributed by atoms with van der Waals surface area (Å²) in [6.07, 6.45) is -0.188. The van der Waals surface area contributed by atoms with E-state index in [-0.39, 0.29) is 0 Å². The predicted molar refractivity (Wildman–Crippen MR) is 82.6 cm³/mol. The second kappa shape index (κ2) is 7.11. The Morgan fingerprint density at radius 1 is 1.05 bits per heavy atom. The lowest BCUT2D eigenvalue weighted by atomic mass is 9.96. The van der Waals surface area contributed by atoms with Gasteiger partial charge in [-0.15, -0.1) is 0 Å². The van der Waals surface area contributed by atoms with Crippen LogP contribution in [0.2, 0.25) is 0 Å². The lowest BCUT2D eigenvalue weighted by Crippen LogP contribution is -2.28. The van der Waals surface area contributed by atoms with E-state index in [4.69, 9.17) is 15.2 Å². The highest BCUT2D eigenvalue weighted by Crippen LogP contribution is 2.30. The van der Waals surface area contributed by atoms with E-state index in [1.807, 2.05) is 42.5 Å². The number of aliphatic hydroxyl groups is 1. The molecular weight excluding hydrogens is 266 g/mol. The number of hydrogen-bond acceptors (Lipinski definition) is 4. The number of methoxy groups -OCH3 is 2. The Morgan fingerprint density at radius 3 is 2.38 bits per heavy atom. The molecule has 0 aliphatic rings. The molecular formula is C17H21NO3. The molecule has 0 spiro atoms. The highest BCUT2D eigenvalue weighted by Gasteiger charge is 2.21. The van der Waals surface area contributed by atoms with E-state index in [2.05, 4.69) is 0 Å². The highest BCUT2D eigenvalue weighted by molar-refractivity contribution is 5.43. The fourth-order valence-corrected chi connectivity index (χ4v) is 2.28. The summed E-state index contributed by atoms with van der Waals surface area (Å²) >= 11 is 0. The van der Waals surface area contributed by atoms with Gasteiger partial charge in [0.2, 0.25) is 0 Å². The molecule has 3 N–H and O–H groups in total. The minimum atomic E-state index is -0.685. The number of hydrogen-bond donors (Lipinski definition) is 2. The van der Waals surface area contributed by atoms with Gasteiger partial charge in [0.1, 0.15) is 11.5 Å². The lowest BCUT2D eigenvalue weighted by Gasteiger charge is -2.21. The minimum Gasteiger partial charge on any atom is -0.497 e. The Hall–Kier alpha value is -2.04. The average Bonchev–Trinajstić information content (AvgIpc) is 2.54. The number of ether oxygens (including phenoxy) is 2. The molecule has 4 heteroatoms. The fourth-order valence-electron chi connectivity index (χ4n) is 2.28. The Labute approximate surface area is 125 Å². The second-order valence-electron chi connectivity index (χ2n) is 4.89. The molecule has 2 aromatic carbocycles. The van der Waals surface area contributed by atoms with Crippen LogP contribution in [0.5, 0.6) is 11.5 Å². The zero-order valence-corrected chi connectivity index (χ0v) is 12.3. The van der Waals surface area contributed by atoms with Gasteiger partial charge < -0.3 is 20.3 Å². The number of rotatable bonds is 6. The molecule has 0 aliphatic heterocycles. The van der Waals surface area contributed by atoms with Gasteiger partial charge >= 0.3 is 0 Å².